The lowest BCUT2D eigenvalue weighted by atomic mass is 10.1. The quantitative estimate of drug-likeness (QED) is 0.327. The van der Waals surface area contributed by atoms with Crippen molar-refractivity contribution < 1.29 is 4.42 Å². The van der Waals surface area contributed by atoms with Crippen LogP contribution in [0.5, 0.6) is 0 Å². The fourth-order valence-corrected chi connectivity index (χ4v) is 2.19. The fourth-order valence-electron chi connectivity index (χ4n) is 2.19. The molecule has 22 heavy (non-hydrogen) atoms. The highest BCUT2D eigenvalue weighted by Gasteiger charge is 2.10. The molecule has 3 aromatic rings. The van der Waals surface area contributed by atoms with Crippen LogP contribution in [0.2, 0.25) is 0 Å². The van der Waals surface area contributed by atoms with E-state index in [1.807, 2.05) is 0 Å². The Morgan fingerprint density at radius 1 is 0.864 bits per heavy atom. The standard InChI is InChI=1S/C15H12N4O2.ClH/c16-14(17)7-1-3-11-9(5-7)13(20)10-6-8(15(18)19)2-4-12(10)21-11;/h1-6H,(H3,16,17)(H3,18,19);1H. The number of benzene rings is 2. The van der Waals surface area contributed by atoms with E-state index >= 15 is 0 Å². The molecule has 0 atom stereocenters. The third-order valence-corrected chi connectivity index (χ3v) is 3.29. The van der Waals surface area contributed by atoms with Crippen molar-refractivity contribution in [2.24, 2.45) is 11.5 Å². The van der Waals surface area contributed by atoms with Crippen molar-refractivity contribution in [3.63, 3.8) is 0 Å². The summed E-state index contributed by atoms with van der Waals surface area (Å²) in [5.74, 6) is -0.234. The Bertz CT molecular complexity index is 903. The Balaban J connectivity index is 0.00000176. The van der Waals surface area contributed by atoms with Gasteiger partial charge in [-0.2, -0.15) is 0 Å². The molecule has 0 fully saturated rings. The van der Waals surface area contributed by atoms with E-state index in [0.717, 1.165) is 0 Å². The van der Waals surface area contributed by atoms with Gasteiger partial charge in [-0.15, -0.1) is 12.4 Å². The molecule has 0 spiro atoms. The van der Waals surface area contributed by atoms with Crippen LogP contribution < -0.4 is 16.9 Å². The number of halogens is 1. The molecule has 0 saturated carbocycles. The summed E-state index contributed by atoms with van der Waals surface area (Å²) in [7, 11) is 0. The van der Waals surface area contributed by atoms with E-state index < -0.39 is 0 Å². The minimum Gasteiger partial charge on any atom is -0.456 e. The minimum atomic E-state index is -0.238. The Morgan fingerprint density at radius 2 is 1.27 bits per heavy atom. The molecule has 0 unspecified atom stereocenters. The molecule has 6 N–H and O–H groups in total. The summed E-state index contributed by atoms with van der Waals surface area (Å²) >= 11 is 0. The molecule has 1 heterocycles. The van der Waals surface area contributed by atoms with Gasteiger partial charge >= 0.3 is 0 Å². The van der Waals surface area contributed by atoms with Crippen molar-refractivity contribution in [2.45, 2.75) is 0 Å². The van der Waals surface area contributed by atoms with Gasteiger partial charge in [-0.3, -0.25) is 15.6 Å². The van der Waals surface area contributed by atoms with Crippen molar-refractivity contribution in [2.75, 3.05) is 0 Å². The lowest BCUT2D eigenvalue weighted by Gasteiger charge is -2.05. The minimum absolute atomic E-state index is 0. The van der Waals surface area contributed by atoms with Gasteiger partial charge in [0.2, 0.25) is 5.43 Å². The molecule has 6 nitrogen and oxygen atoms in total. The fraction of sp³-hybridized carbons (Fsp3) is 0. The third-order valence-electron chi connectivity index (χ3n) is 3.29. The third kappa shape index (κ3) is 2.40. The number of rotatable bonds is 2. The summed E-state index contributed by atoms with van der Waals surface area (Å²) < 4.78 is 5.67. The molecular formula is C15H13ClN4O2. The van der Waals surface area contributed by atoms with Crippen LogP contribution in [0.4, 0.5) is 0 Å². The van der Waals surface area contributed by atoms with Gasteiger partial charge in [0.1, 0.15) is 22.8 Å². The number of amidine groups is 2. The predicted molar refractivity (Wildman–Crippen MR) is 89.3 cm³/mol. The van der Waals surface area contributed by atoms with Crippen molar-refractivity contribution in [1.29, 1.82) is 10.8 Å². The molecule has 0 aliphatic heterocycles. The zero-order valence-electron chi connectivity index (χ0n) is 11.3. The average molecular weight is 317 g/mol. The molecule has 3 rings (SSSR count). The summed E-state index contributed by atoms with van der Waals surface area (Å²) in [5, 5.41) is 15.6. The zero-order chi connectivity index (χ0) is 15.1. The van der Waals surface area contributed by atoms with Crippen LogP contribution in [0.1, 0.15) is 11.1 Å². The molecule has 0 bridgehead atoms. The summed E-state index contributed by atoms with van der Waals surface area (Å²) in [4.78, 5) is 12.6. The molecule has 0 saturated heterocycles. The van der Waals surface area contributed by atoms with Crippen molar-refractivity contribution in [3.05, 3.63) is 57.7 Å². The van der Waals surface area contributed by atoms with Crippen molar-refractivity contribution >= 4 is 46.0 Å². The summed E-state index contributed by atoms with van der Waals surface area (Å²) in [6, 6.07) is 9.55. The number of hydrogen-bond acceptors (Lipinski definition) is 4. The van der Waals surface area contributed by atoms with Crippen LogP contribution in [0, 0.1) is 10.8 Å². The van der Waals surface area contributed by atoms with Crippen LogP contribution in [0.3, 0.4) is 0 Å². The molecule has 112 valence electrons. The van der Waals surface area contributed by atoms with Gasteiger partial charge in [-0.25, -0.2) is 0 Å². The first kappa shape index (κ1) is 15.5. The largest absolute Gasteiger partial charge is 0.456 e. The Kier molecular flexibility index (Phi) is 3.88. The van der Waals surface area contributed by atoms with E-state index in [1.165, 1.54) is 12.1 Å². The Labute approximate surface area is 131 Å². The number of fused-ring (bicyclic) bond motifs is 2. The van der Waals surface area contributed by atoms with E-state index in [1.54, 1.807) is 24.3 Å². The second-order valence-electron chi connectivity index (χ2n) is 4.68. The summed E-state index contributed by atoms with van der Waals surface area (Å²) in [6.07, 6.45) is 0. The number of nitrogens with one attached hydrogen (secondary N) is 2. The Morgan fingerprint density at radius 3 is 1.64 bits per heavy atom. The monoisotopic (exact) mass is 316 g/mol. The highest BCUT2D eigenvalue weighted by atomic mass is 35.5. The van der Waals surface area contributed by atoms with E-state index in [-0.39, 0.29) is 29.5 Å². The van der Waals surface area contributed by atoms with E-state index in [4.69, 9.17) is 26.7 Å². The molecule has 0 aliphatic carbocycles. The first-order valence-electron chi connectivity index (χ1n) is 6.17. The topological polar surface area (TPSA) is 130 Å². The molecule has 1 aromatic heterocycles. The molecule has 7 heteroatoms. The van der Waals surface area contributed by atoms with Gasteiger partial charge in [0.05, 0.1) is 10.8 Å². The average Bonchev–Trinajstić information content (AvgIpc) is 2.46. The number of nitrogen functional groups attached to an aromatic ring is 2. The number of nitrogens with two attached hydrogens (primary N) is 2. The van der Waals surface area contributed by atoms with E-state index in [2.05, 4.69) is 0 Å². The second-order valence-corrected chi connectivity index (χ2v) is 4.68. The lowest BCUT2D eigenvalue weighted by molar-refractivity contribution is 0.660. The van der Waals surface area contributed by atoms with Gasteiger partial charge in [0.15, 0.2) is 0 Å². The van der Waals surface area contributed by atoms with Crippen LogP contribution >= 0.6 is 12.4 Å². The van der Waals surface area contributed by atoms with Crippen LogP contribution in [0.15, 0.2) is 45.6 Å². The van der Waals surface area contributed by atoms with E-state index in [0.29, 0.717) is 33.1 Å². The second kappa shape index (κ2) is 5.50. The maximum Gasteiger partial charge on any atom is 0.200 e. The van der Waals surface area contributed by atoms with Gasteiger partial charge in [-0.05, 0) is 36.4 Å². The molecule has 0 amide bonds. The lowest BCUT2D eigenvalue weighted by Crippen LogP contribution is -2.13. The van der Waals surface area contributed by atoms with Crippen LogP contribution in [-0.2, 0) is 0 Å². The summed E-state index contributed by atoms with van der Waals surface area (Å²) in [5.41, 5.74) is 12.4. The summed E-state index contributed by atoms with van der Waals surface area (Å²) in [6.45, 7) is 0. The molecule has 0 aliphatic rings. The molecule has 0 radical (unpaired) electrons. The van der Waals surface area contributed by atoms with Gasteiger partial charge in [-0.1, -0.05) is 0 Å². The highest BCUT2D eigenvalue weighted by Crippen LogP contribution is 2.20. The SMILES string of the molecule is Cl.N=C(N)c1ccc2oc3ccc(C(=N)N)cc3c(=O)c2c1. The maximum absolute atomic E-state index is 12.6. The normalized spacial score (nSPS) is 10.4. The predicted octanol–water partition coefficient (Wildman–Crippen LogP) is 1.94. The smallest absolute Gasteiger partial charge is 0.200 e. The van der Waals surface area contributed by atoms with Crippen molar-refractivity contribution in [3.8, 4) is 0 Å². The van der Waals surface area contributed by atoms with Crippen molar-refractivity contribution in [1.82, 2.24) is 0 Å². The van der Waals surface area contributed by atoms with Gasteiger partial charge in [0.25, 0.3) is 0 Å². The first-order valence-corrected chi connectivity index (χ1v) is 6.17. The first-order chi connectivity index (χ1) is 9.97. The van der Waals surface area contributed by atoms with Gasteiger partial charge in [0, 0.05) is 11.1 Å². The van der Waals surface area contributed by atoms with Crippen LogP contribution in [0.25, 0.3) is 21.9 Å². The zero-order valence-corrected chi connectivity index (χ0v) is 12.2. The van der Waals surface area contributed by atoms with Crippen LogP contribution in [-0.4, -0.2) is 11.7 Å². The maximum atomic E-state index is 12.6. The number of hydrogen-bond donors (Lipinski definition) is 4. The Hall–Kier alpha value is -2.86. The molecular weight excluding hydrogens is 304 g/mol. The van der Waals surface area contributed by atoms with E-state index in [9.17, 15) is 4.79 Å². The highest BCUT2D eigenvalue weighted by molar-refractivity contribution is 6.02. The molecule has 2 aromatic carbocycles. The van der Waals surface area contributed by atoms with Gasteiger partial charge < -0.3 is 15.9 Å².